The third-order valence-electron chi connectivity index (χ3n) is 1.53. The molecule has 66 valence electrons. The fraction of sp³-hybridized carbons (Fsp3) is 0.250. The van der Waals surface area contributed by atoms with Gasteiger partial charge in [-0.05, 0) is 18.2 Å². The molecule has 0 aliphatic carbocycles. The second-order valence-electron chi connectivity index (χ2n) is 2.30. The van der Waals surface area contributed by atoms with Crippen molar-refractivity contribution in [2.75, 3.05) is 12.8 Å². The SMILES string of the molecule is COc1ccc(N)c(C(F)F)c1. The fourth-order valence-electron chi connectivity index (χ4n) is 0.869. The van der Waals surface area contributed by atoms with Crippen LogP contribution in [0, 0.1) is 0 Å². The molecule has 0 saturated heterocycles. The lowest BCUT2D eigenvalue weighted by Gasteiger charge is -2.06. The van der Waals surface area contributed by atoms with E-state index in [2.05, 4.69) is 0 Å². The Morgan fingerprint density at radius 3 is 2.58 bits per heavy atom. The van der Waals surface area contributed by atoms with Gasteiger partial charge in [-0.2, -0.15) is 0 Å². The molecule has 0 aromatic heterocycles. The van der Waals surface area contributed by atoms with Crippen LogP contribution in [0.5, 0.6) is 5.75 Å². The van der Waals surface area contributed by atoms with E-state index < -0.39 is 6.43 Å². The molecule has 0 radical (unpaired) electrons. The molecule has 0 amide bonds. The van der Waals surface area contributed by atoms with Crippen LogP contribution < -0.4 is 10.5 Å². The van der Waals surface area contributed by atoms with Crippen LogP contribution >= 0.6 is 0 Å². The van der Waals surface area contributed by atoms with E-state index >= 15 is 0 Å². The van der Waals surface area contributed by atoms with E-state index in [4.69, 9.17) is 10.5 Å². The van der Waals surface area contributed by atoms with Crippen LogP contribution in [-0.2, 0) is 0 Å². The van der Waals surface area contributed by atoms with Gasteiger partial charge < -0.3 is 10.5 Å². The molecular weight excluding hydrogens is 164 g/mol. The molecule has 1 aromatic rings. The zero-order chi connectivity index (χ0) is 9.14. The largest absolute Gasteiger partial charge is 0.497 e. The highest BCUT2D eigenvalue weighted by molar-refractivity contribution is 5.51. The van der Waals surface area contributed by atoms with E-state index in [0.29, 0.717) is 5.75 Å². The van der Waals surface area contributed by atoms with Gasteiger partial charge in [-0.1, -0.05) is 0 Å². The molecule has 0 fully saturated rings. The van der Waals surface area contributed by atoms with Gasteiger partial charge >= 0.3 is 0 Å². The first-order valence-electron chi connectivity index (χ1n) is 3.36. The zero-order valence-electron chi connectivity index (χ0n) is 6.55. The number of methoxy groups -OCH3 is 1. The van der Waals surface area contributed by atoms with Crippen molar-refractivity contribution in [3.63, 3.8) is 0 Å². The maximum Gasteiger partial charge on any atom is 0.265 e. The standard InChI is InChI=1S/C8H9F2NO/c1-12-5-2-3-7(11)6(4-5)8(9)10/h2-4,8H,11H2,1H3. The van der Waals surface area contributed by atoms with Gasteiger partial charge in [-0.15, -0.1) is 0 Å². The quantitative estimate of drug-likeness (QED) is 0.696. The predicted molar refractivity (Wildman–Crippen MR) is 42.4 cm³/mol. The van der Waals surface area contributed by atoms with Gasteiger partial charge in [0.1, 0.15) is 5.75 Å². The molecule has 0 heterocycles. The molecule has 4 heteroatoms. The number of hydrogen-bond donors (Lipinski definition) is 1. The first-order valence-corrected chi connectivity index (χ1v) is 3.36. The van der Waals surface area contributed by atoms with Crippen LogP contribution in [0.4, 0.5) is 14.5 Å². The van der Waals surface area contributed by atoms with Crippen molar-refractivity contribution in [1.82, 2.24) is 0 Å². The van der Waals surface area contributed by atoms with Crippen molar-refractivity contribution in [2.24, 2.45) is 0 Å². The molecule has 2 N–H and O–H groups in total. The molecular formula is C8H9F2NO. The molecule has 0 unspecified atom stereocenters. The van der Waals surface area contributed by atoms with E-state index in [-0.39, 0.29) is 11.3 Å². The molecule has 1 aromatic carbocycles. The summed E-state index contributed by atoms with van der Waals surface area (Å²) in [5.41, 5.74) is 5.21. The summed E-state index contributed by atoms with van der Waals surface area (Å²) in [6.45, 7) is 0. The van der Waals surface area contributed by atoms with E-state index in [1.54, 1.807) is 6.07 Å². The molecule has 12 heavy (non-hydrogen) atoms. The van der Waals surface area contributed by atoms with Gasteiger partial charge in [0, 0.05) is 11.3 Å². The Morgan fingerprint density at radius 1 is 1.42 bits per heavy atom. The van der Waals surface area contributed by atoms with Crippen LogP contribution in [0.15, 0.2) is 18.2 Å². The Hall–Kier alpha value is -1.32. The Labute approximate surface area is 68.9 Å². The first kappa shape index (κ1) is 8.77. The minimum absolute atomic E-state index is 0.0887. The Bertz CT molecular complexity index is 276. The minimum Gasteiger partial charge on any atom is -0.497 e. The fourth-order valence-corrected chi connectivity index (χ4v) is 0.869. The number of ether oxygens (including phenoxy) is 1. The lowest BCUT2D eigenvalue weighted by molar-refractivity contribution is 0.152. The van der Waals surface area contributed by atoms with Crippen molar-refractivity contribution in [2.45, 2.75) is 6.43 Å². The third-order valence-corrected chi connectivity index (χ3v) is 1.53. The highest BCUT2D eigenvalue weighted by atomic mass is 19.3. The Morgan fingerprint density at radius 2 is 2.08 bits per heavy atom. The lowest BCUT2D eigenvalue weighted by Crippen LogP contribution is -1.95. The van der Waals surface area contributed by atoms with Gasteiger partial charge in [0.2, 0.25) is 0 Å². The average molecular weight is 173 g/mol. The van der Waals surface area contributed by atoms with Gasteiger partial charge in [0.05, 0.1) is 7.11 Å². The summed E-state index contributed by atoms with van der Waals surface area (Å²) in [7, 11) is 1.42. The maximum atomic E-state index is 12.2. The van der Waals surface area contributed by atoms with Crippen molar-refractivity contribution in [1.29, 1.82) is 0 Å². The maximum absolute atomic E-state index is 12.2. The normalized spacial score (nSPS) is 10.3. The van der Waals surface area contributed by atoms with Crippen molar-refractivity contribution in [3.8, 4) is 5.75 Å². The van der Waals surface area contributed by atoms with Crippen LogP contribution in [0.1, 0.15) is 12.0 Å². The number of benzene rings is 1. The average Bonchev–Trinajstić information content (AvgIpc) is 2.05. The summed E-state index contributed by atoms with van der Waals surface area (Å²) in [6, 6.07) is 4.18. The van der Waals surface area contributed by atoms with E-state index in [0.717, 1.165) is 0 Å². The molecule has 0 bridgehead atoms. The van der Waals surface area contributed by atoms with Gasteiger partial charge in [-0.25, -0.2) is 8.78 Å². The molecule has 0 saturated carbocycles. The number of rotatable bonds is 2. The van der Waals surface area contributed by atoms with Crippen LogP contribution in [0.25, 0.3) is 0 Å². The van der Waals surface area contributed by atoms with Crippen molar-refractivity contribution < 1.29 is 13.5 Å². The van der Waals surface area contributed by atoms with Gasteiger partial charge in [-0.3, -0.25) is 0 Å². The molecule has 1 rings (SSSR count). The topological polar surface area (TPSA) is 35.2 Å². The number of halogens is 2. The summed E-state index contributed by atoms with van der Waals surface area (Å²) in [5, 5.41) is 0. The Balaban J connectivity index is 3.08. The molecule has 0 aliphatic rings. The van der Waals surface area contributed by atoms with E-state index in [9.17, 15) is 8.78 Å². The monoisotopic (exact) mass is 173 g/mol. The molecule has 0 aliphatic heterocycles. The summed E-state index contributed by atoms with van der Waals surface area (Å²) in [5.74, 6) is 0.388. The van der Waals surface area contributed by atoms with Crippen LogP contribution in [0.2, 0.25) is 0 Å². The highest BCUT2D eigenvalue weighted by Crippen LogP contribution is 2.28. The second kappa shape index (κ2) is 3.38. The number of nitrogens with two attached hydrogens (primary N) is 1. The minimum atomic E-state index is -2.56. The first-order chi connectivity index (χ1) is 5.65. The Kier molecular flexibility index (Phi) is 2.47. The summed E-state index contributed by atoms with van der Waals surface area (Å²) in [6.07, 6.45) is -2.56. The van der Waals surface area contributed by atoms with Gasteiger partial charge in [0.15, 0.2) is 0 Å². The number of nitrogen functional groups attached to an aromatic ring is 1. The second-order valence-corrected chi connectivity index (χ2v) is 2.30. The smallest absolute Gasteiger partial charge is 0.265 e. The highest BCUT2D eigenvalue weighted by Gasteiger charge is 2.11. The number of hydrogen-bond acceptors (Lipinski definition) is 2. The van der Waals surface area contributed by atoms with Crippen LogP contribution in [-0.4, -0.2) is 7.11 Å². The summed E-state index contributed by atoms with van der Waals surface area (Å²) >= 11 is 0. The summed E-state index contributed by atoms with van der Waals surface area (Å²) < 4.78 is 29.2. The lowest BCUT2D eigenvalue weighted by atomic mass is 10.2. The molecule has 0 atom stereocenters. The zero-order valence-corrected chi connectivity index (χ0v) is 6.55. The van der Waals surface area contributed by atoms with Crippen LogP contribution in [0.3, 0.4) is 0 Å². The van der Waals surface area contributed by atoms with Crippen molar-refractivity contribution >= 4 is 5.69 Å². The molecule has 0 spiro atoms. The number of alkyl halides is 2. The predicted octanol–water partition coefficient (Wildman–Crippen LogP) is 2.21. The van der Waals surface area contributed by atoms with Crippen molar-refractivity contribution in [3.05, 3.63) is 23.8 Å². The third kappa shape index (κ3) is 1.64. The van der Waals surface area contributed by atoms with E-state index in [1.807, 2.05) is 0 Å². The molecule has 2 nitrogen and oxygen atoms in total. The van der Waals surface area contributed by atoms with E-state index in [1.165, 1.54) is 19.2 Å². The van der Waals surface area contributed by atoms with Gasteiger partial charge in [0.25, 0.3) is 6.43 Å². The number of anilines is 1. The summed E-state index contributed by atoms with van der Waals surface area (Å²) in [4.78, 5) is 0.